The topological polar surface area (TPSA) is 42.2 Å². The summed E-state index contributed by atoms with van der Waals surface area (Å²) in [5, 5.41) is 8.17. The van der Waals surface area contributed by atoms with Crippen LogP contribution >= 0.6 is 0 Å². The fourth-order valence-corrected chi connectivity index (χ4v) is 0.973. The molecule has 0 aromatic heterocycles. The summed E-state index contributed by atoms with van der Waals surface area (Å²) < 4.78 is 10.3. The molecule has 1 aliphatic heterocycles. The molecule has 0 N–H and O–H groups in total. The molecule has 0 saturated carbocycles. The molecule has 0 aromatic rings. The van der Waals surface area contributed by atoms with Crippen LogP contribution in [0.3, 0.4) is 0 Å². The molecule has 1 aliphatic rings. The molecule has 0 aromatic carbocycles. The minimum absolute atomic E-state index is 0.117. The summed E-state index contributed by atoms with van der Waals surface area (Å²) in [6.45, 7) is 0.917. The van der Waals surface area contributed by atoms with Gasteiger partial charge in [-0.1, -0.05) is 0 Å². The molecule has 0 amide bonds. The summed E-state index contributed by atoms with van der Waals surface area (Å²) in [6.07, 6.45) is 3.08. The minimum Gasteiger partial charge on any atom is -0.353 e. The molecule has 10 heavy (non-hydrogen) atoms. The second-order valence-corrected chi connectivity index (χ2v) is 2.27. The van der Waals surface area contributed by atoms with Gasteiger partial charge in [-0.25, -0.2) is 0 Å². The highest BCUT2D eigenvalue weighted by atomic mass is 16.7. The number of nitrogens with zero attached hydrogens (tertiary/aromatic N) is 1. The van der Waals surface area contributed by atoms with E-state index in [1.807, 2.05) is 6.07 Å². The zero-order valence-electron chi connectivity index (χ0n) is 5.88. The van der Waals surface area contributed by atoms with E-state index in [0.29, 0.717) is 0 Å². The van der Waals surface area contributed by atoms with Gasteiger partial charge in [-0.05, 0) is 19.3 Å². The minimum atomic E-state index is -0.117. The standard InChI is InChI=1S/C7H11NO2/c8-4-6-10-7-3-1-2-5-9-7/h7H,1-3,5-6H2/t7-/m0/s1. The van der Waals surface area contributed by atoms with Crippen molar-refractivity contribution in [2.75, 3.05) is 13.2 Å². The van der Waals surface area contributed by atoms with Crippen molar-refractivity contribution < 1.29 is 9.47 Å². The Morgan fingerprint density at radius 3 is 3.10 bits per heavy atom. The molecule has 56 valence electrons. The van der Waals surface area contributed by atoms with Crippen molar-refractivity contribution >= 4 is 0 Å². The molecule has 1 heterocycles. The van der Waals surface area contributed by atoms with E-state index < -0.39 is 0 Å². The maximum absolute atomic E-state index is 8.17. The number of hydrogen-bond donors (Lipinski definition) is 0. The van der Waals surface area contributed by atoms with Gasteiger partial charge in [0.25, 0.3) is 0 Å². The highest BCUT2D eigenvalue weighted by Gasteiger charge is 2.12. The Hall–Kier alpha value is -0.590. The first-order valence-corrected chi connectivity index (χ1v) is 3.53. The van der Waals surface area contributed by atoms with Gasteiger partial charge in [0.1, 0.15) is 6.61 Å². The lowest BCUT2D eigenvalue weighted by Gasteiger charge is -2.21. The van der Waals surface area contributed by atoms with Crippen molar-refractivity contribution in [2.45, 2.75) is 25.6 Å². The number of ether oxygens (including phenoxy) is 2. The lowest BCUT2D eigenvalue weighted by atomic mass is 10.2. The van der Waals surface area contributed by atoms with Gasteiger partial charge in [-0.15, -0.1) is 0 Å². The maximum Gasteiger partial charge on any atom is 0.158 e. The zero-order valence-corrected chi connectivity index (χ0v) is 5.88. The largest absolute Gasteiger partial charge is 0.353 e. The van der Waals surface area contributed by atoms with Gasteiger partial charge in [0, 0.05) is 6.61 Å². The van der Waals surface area contributed by atoms with E-state index >= 15 is 0 Å². The summed E-state index contributed by atoms with van der Waals surface area (Å²) in [6, 6.07) is 1.91. The lowest BCUT2D eigenvalue weighted by molar-refractivity contribution is -0.154. The van der Waals surface area contributed by atoms with Crippen LogP contribution in [0.15, 0.2) is 0 Å². The van der Waals surface area contributed by atoms with Gasteiger partial charge in [0.05, 0.1) is 6.07 Å². The van der Waals surface area contributed by atoms with E-state index in [9.17, 15) is 0 Å². The van der Waals surface area contributed by atoms with Crippen LogP contribution in [0.4, 0.5) is 0 Å². The summed E-state index contributed by atoms with van der Waals surface area (Å²) in [5.41, 5.74) is 0. The Morgan fingerprint density at radius 2 is 2.50 bits per heavy atom. The summed E-state index contributed by atoms with van der Waals surface area (Å²) in [4.78, 5) is 0. The van der Waals surface area contributed by atoms with Gasteiger partial charge in [0.2, 0.25) is 0 Å². The SMILES string of the molecule is N#CCO[C@H]1CCCCO1. The van der Waals surface area contributed by atoms with Crippen LogP contribution < -0.4 is 0 Å². The summed E-state index contributed by atoms with van der Waals surface area (Å²) in [5.74, 6) is 0. The van der Waals surface area contributed by atoms with E-state index in [4.69, 9.17) is 14.7 Å². The fourth-order valence-electron chi connectivity index (χ4n) is 0.973. The molecular weight excluding hydrogens is 130 g/mol. The highest BCUT2D eigenvalue weighted by molar-refractivity contribution is 4.67. The van der Waals surface area contributed by atoms with E-state index in [-0.39, 0.29) is 12.9 Å². The Bertz CT molecular complexity index is 124. The van der Waals surface area contributed by atoms with E-state index in [1.165, 1.54) is 0 Å². The third kappa shape index (κ3) is 2.34. The Balaban J connectivity index is 2.09. The van der Waals surface area contributed by atoms with Gasteiger partial charge in [-0.3, -0.25) is 0 Å². The van der Waals surface area contributed by atoms with Crippen molar-refractivity contribution in [3.8, 4) is 6.07 Å². The van der Waals surface area contributed by atoms with E-state index in [0.717, 1.165) is 25.9 Å². The third-order valence-electron chi connectivity index (χ3n) is 1.47. The van der Waals surface area contributed by atoms with Crippen LogP contribution in [0.25, 0.3) is 0 Å². The van der Waals surface area contributed by atoms with Crippen molar-refractivity contribution in [1.82, 2.24) is 0 Å². The zero-order chi connectivity index (χ0) is 7.23. The quantitative estimate of drug-likeness (QED) is 0.577. The molecule has 0 bridgehead atoms. The van der Waals surface area contributed by atoms with Crippen molar-refractivity contribution in [1.29, 1.82) is 5.26 Å². The Morgan fingerprint density at radius 1 is 1.60 bits per heavy atom. The predicted octanol–water partition coefficient (Wildman–Crippen LogP) is 1.05. The molecular formula is C7H11NO2. The van der Waals surface area contributed by atoms with Crippen molar-refractivity contribution in [3.63, 3.8) is 0 Å². The molecule has 1 rings (SSSR count). The first kappa shape index (κ1) is 7.52. The Labute approximate surface area is 60.5 Å². The van der Waals surface area contributed by atoms with Gasteiger partial charge in [-0.2, -0.15) is 5.26 Å². The molecule has 3 heteroatoms. The highest BCUT2D eigenvalue weighted by Crippen LogP contribution is 2.12. The molecule has 1 atom stereocenters. The van der Waals surface area contributed by atoms with Crippen molar-refractivity contribution in [2.24, 2.45) is 0 Å². The molecule has 0 radical (unpaired) electrons. The van der Waals surface area contributed by atoms with Crippen LogP contribution in [0.2, 0.25) is 0 Å². The molecule has 3 nitrogen and oxygen atoms in total. The summed E-state index contributed by atoms with van der Waals surface area (Å²) >= 11 is 0. The monoisotopic (exact) mass is 141 g/mol. The average Bonchev–Trinajstić information content (AvgIpc) is 2.03. The Kier molecular flexibility index (Phi) is 3.20. The molecule has 0 unspecified atom stereocenters. The molecule has 1 saturated heterocycles. The maximum atomic E-state index is 8.17. The van der Waals surface area contributed by atoms with E-state index in [1.54, 1.807) is 0 Å². The number of nitriles is 1. The predicted molar refractivity (Wildman–Crippen MR) is 35.2 cm³/mol. The van der Waals surface area contributed by atoms with Crippen LogP contribution in [-0.4, -0.2) is 19.5 Å². The van der Waals surface area contributed by atoms with Gasteiger partial charge in [0.15, 0.2) is 6.29 Å². The van der Waals surface area contributed by atoms with E-state index in [2.05, 4.69) is 0 Å². The van der Waals surface area contributed by atoms with Crippen LogP contribution in [0.1, 0.15) is 19.3 Å². The molecule has 1 fully saturated rings. The van der Waals surface area contributed by atoms with Crippen LogP contribution in [-0.2, 0) is 9.47 Å². The van der Waals surface area contributed by atoms with Crippen molar-refractivity contribution in [3.05, 3.63) is 0 Å². The first-order valence-electron chi connectivity index (χ1n) is 3.53. The van der Waals surface area contributed by atoms with Crippen LogP contribution in [0, 0.1) is 11.3 Å². The average molecular weight is 141 g/mol. The normalized spacial score (nSPS) is 25.7. The molecule has 0 spiro atoms. The lowest BCUT2D eigenvalue weighted by Crippen LogP contribution is -2.22. The van der Waals surface area contributed by atoms with Crippen LogP contribution in [0.5, 0.6) is 0 Å². The smallest absolute Gasteiger partial charge is 0.158 e. The third-order valence-corrected chi connectivity index (χ3v) is 1.47. The fraction of sp³-hybridized carbons (Fsp3) is 0.857. The number of hydrogen-bond acceptors (Lipinski definition) is 3. The van der Waals surface area contributed by atoms with Gasteiger partial charge < -0.3 is 9.47 Å². The second-order valence-electron chi connectivity index (χ2n) is 2.27. The summed E-state index contributed by atoms with van der Waals surface area (Å²) in [7, 11) is 0. The second kappa shape index (κ2) is 4.26. The molecule has 0 aliphatic carbocycles. The van der Waals surface area contributed by atoms with Gasteiger partial charge >= 0.3 is 0 Å². The number of rotatable bonds is 2. The first-order chi connectivity index (χ1) is 4.93.